The van der Waals surface area contributed by atoms with E-state index < -0.39 is 9.84 Å². The van der Waals surface area contributed by atoms with E-state index in [4.69, 9.17) is 0 Å². The summed E-state index contributed by atoms with van der Waals surface area (Å²) in [6.45, 7) is 1.98. The van der Waals surface area contributed by atoms with Crippen LogP contribution in [0, 0.1) is 0 Å². The fraction of sp³-hybridized carbons (Fsp3) is 0.316. The van der Waals surface area contributed by atoms with Gasteiger partial charge in [-0.3, -0.25) is 4.79 Å². The van der Waals surface area contributed by atoms with Gasteiger partial charge in [-0.2, -0.15) is 0 Å². The molecule has 0 aromatic heterocycles. The largest absolute Gasteiger partial charge is 0.350 e. The van der Waals surface area contributed by atoms with E-state index in [1.807, 2.05) is 25.1 Å². The monoisotopic (exact) mass is 345 g/mol. The zero-order valence-electron chi connectivity index (χ0n) is 14.0. The van der Waals surface area contributed by atoms with Gasteiger partial charge in [-0.25, -0.2) is 8.42 Å². The third-order valence-corrected chi connectivity index (χ3v) is 4.59. The molecule has 4 nitrogen and oxygen atoms in total. The number of rotatable bonds is 7. The maximum Gasteiger partial charge on any atom is 0.251 e. The molecule has 0 aliphatic rings. The topological polar surface area (TPSA) is 63.2 Å². The summed E-state index contributed by atoms with van der Waals surface area (Å²) in [5.41, 5.74) is 2.48. The summed E-state index contributed by atoms with van der Waals surface area (Å²) in [6.07, 6.45) is 2.97. The SMILES string of the molecule is CC(CCc1ccccc1)NC(=O)c1ccc(CS(C)(=O)=O)cc1. The lowest BCUT2D eigenvalue weighted by atomic mass is 10.1. The molecule has 24 heavy (non-hydrogen) atoms. The van der Waals surface area contributed by atoms with Gasteiger partial charge < -0.3 is 5.32 Å². The van der Waals surface area contributed by atoms with Gasteiger partial charge in [0.1, 0.15) is 0 Å². The maximum absolute atomic E-state index is 12.2. The van der Waals surface area contributed by atoms with E-state index in [0.29, 0.717) is 11.1 Å². The van der Waals surface area contributed by atoms with Crippen molar-refractivity contribution in [2.24, 2.45) is 0 Å². The van der Waals surface area contributed by atoms with Gasteiger partial charge in [0, 0.05) is 17.9 Å². The van der Waals surface area contributed by atoms with Crippen LogP contribution in [0.5, 0.6) is 0 Å². The summed E-state index contributed by atoms with van der Waals surface area (Å²) in [4.78, 5) is 12.2. The van der Waals surface area contributed by atoms with Crippen molar-refractivity contribution in [3.63, 3.8) is 0 Å². The molecular weight excluding hydrogens is 322 g/mol. The molecule has 1 unspecified atom stereocenters. The Balaban J connectivity index is 1.87. The van der Waals surface area contributed by atoms with Crippen molar-refractivity contribution in [1.29, 1.82) is 0 Å². The van der Waals surface area contributed by atoms with E-state index in [2.05, 4.69) is 17.4 Å². The number of aryl methyl sites for hydroxylation is 1. The molecule has 0 radical (unpaired) electrons. The van der Waals surface area contributed by atoms with Crippen molar-refractivity contribution in [1.82, 2.24) is 5.32 Å². The van der Waals surface area contributed by atoms with Crippen LogP contribution in [-0.4, -0.2) is 26.6 Å². The highest BCUT2D eigenvalue weighted by Crippen LogP contribution is 2.09. The second-order valence-corrected chi connectivity index (χ2v) is 8.31. The molecule has 0 bridgehead atoms. The third-order valence-electron chi connectivity index (χ3n) is 3.73. The minimum absolute atomic E-state index is 0.0115. The van der Waals surface area contributed by atoms with Gasteiger partial charge in [0.2, 0.25) is 0 Å². The number of amides is 1. The Morgan fingerprint density at radius 2 is 1.62 bits per heavy atom. The van der Waals surface area contributed by atoms with Crippen LogP contribution in [0.1, 0.15) is 34.8 Å². The molecule has 5 heteroatoms. The van der Waals surface area contributed by atoms with E-state index in [1.54, 1.807) is 24.3 Å². The number of hydrogen-bond donors (Lipinski definition) is 1. The number of hydrogen-bond acceptors (Lipinski definition) is 3. The van der Waals surface area contributed by atoms with E-state index in [9.17, 15) is 13.2 Å². The summed E-state index contributed by atoms with van der Waals surface area (Å²) >= 11 is 0. The predicted molar refractivity (Wildman–Crippen MR) is 96.7 cm³/mol. The van der Waals surface area contributed by atoms with Crippen molar-refractivity contribution in [3.05, 3.63) is 71.3 Å². The number of benzene rings is 2. The van der Waals surface area contributed by atoms with E-state index in [1.165, 1.54) is 11.8 Å². The Labute approximate surface area is 143 Å². The van der Waals surface area contributed by atoms with E-state index in [-0.39, 0.29) is 17.7 Å². The average molecular weight is 345 g/mol. The van der Waals surface area contributed by atoms with E-state index in [0.717, 1.165) is 12.8 Å². The molecule has 1 amide bonds. The standard InChI is InChI=1S/C19H23NO3S/c1-15(8-9-16-6-4-3-5-7-16)20-19(21)18-12-10-17(11-13-18)14-24(2,22)23/h3-7,10-13,15H,8-9,14H2,1-2H3,(H,20,21). The highest BCUT2D eigenvalue weighted by Gasteiger charge is 2.11. The van der Waals surface area contributed by atoms with Gasteiger partial charge in [-0.15, -0.1) is 0 Å². The first-order chi connectivity index (χ1) is 11.3. The number of carbonyl (C=O) groups excluding carboxylic acids is 1. The average Bonchev–Trinajstić information content (AvgIpc) is 2.53. The molecule has 1 N–H and O–H groups in total. The summed E-state index contributed by atoms with van der Waals surface area (Å²) in [6, 6.07) is 16.9. The van der Waals surface area contributed by atoms with Crippen LogP contribution >= 0.6 is 0 Å². The van der Waals surface area contributed by atoms with Gasteiger partial charge in [-0.1, -0.05) is 42.5 Å². The van der Waals surface area contributed by atoms with Crippen LogP contribution in [0.25, 0.3) is 0 Å². The molecule has 2 aromatic rings. The number of sulfone groups is 1. The lowest BCUT2D eigenvalue weighted by molar-refractivity contribution is 0.0938. The summed E-state index contributed by atoms with van der Waals surface area (Å²) in [5.74, 6) is -0.149. The molecule has 0 saturated heterocycles. The van der Waals surface area contributed by atoms with Crippen molar-refractivity contribution < 1.29 is 13.2 Å². The molecule has 2 aromatic carbocycles. The summed E-state index contributed by atoms with van der Waals surface area (Å²) in [7, 11) is -3.06. The van der Waals surface area contributed by atoms with Gasteiger partial charge >= 0.3 is 0 Å². The fourth-order valence-corrected chi connectivity index (χ4v) is 3.26. The Kier molecular flexibility index (Phi) is 6.15. The van der Waals surface area contributed by atoms with Crippen LogP contribution < -0.4 is 5.32 Å². The first-order valence-corrected chi connectivity index (χ1v) is 10.0. The van der Waals surface area contributed by atoms with Crippen molar-refractivity contribution in [2.75, 3.05) is 6.26 Å². The van der Waals surface area contributed by atoms with Crippen molar-refractivity contribution in [2.45, 2.75) is 31.6 Å². The Morgan fingerprint density at radius 3 is 2.21 bits per heavy atom. The molecule has 1 atom stereocenters. The lowest BCUT2D eigenvalue weighted by Gasteiger charge is -2.14. The Hall–Kier alpha value is -2.14. The normalized spacial score (nSPS) is 12.6. The lowest BCUT2D eigenvalue weighted by Crippen LogP contribution is -2.32. The molecule has 0 aliphatic carbocycles. The number of carbonyl (C=O) groups is 1. The number of nitrogens with one attached hydrogen (secondary N) is 1. The Morgan fingerprint density at radius 1 is 1.00 bits per heavy atom. The maximum atomic E-state index is 12.2. The van der Waals surface area contributed by atoms with Gasteiger partial charge in [-0.05, 0) is 43.0 Å². The van der Waals surface area contributed by atoms with Crippen molar-refractivity contribution in [3.8, 4) is 0 Å². The van der Waals surface area contributed by atoms with Crippen LogP contribution in [0.3, 0.4) is 0 Å². The predicted octanol–water partition coefficient (Wildman–Crippen LogP) is 2.98. The quantitative estimate of drug-likeness (QED) is 0.839. The van der Waals surface area contributed by atoms with Crippen LogP contribution in [0.15, 0.2) is 54.6 Å². The minimum Gasteiger partial charge on any atom is -0.350 e. The van der Waals surface area contributed by atoms with Crippen LogP contribution in [0.2, 0.25) is 0 Å². The molecule has 2 rings (SSSR count). The molecule has 0 aliphatic heterocycles. The molecule has 128 valence electrons. The Bertz CT molecular complexity index is 768. The zero-order chi connectivity index (χ0) is 17.6. The minimum atomic E-state index is -3.06. The van der Waals surface area contributed by atoms with Crippen LogP contribution in [0.4, 0.5) is 0 Å². The zero-order valence-corrected chi connectivity index (χ0v) is 14.8. The first kappa shape index (κ1) is 18.2. The summed E-state index contributed by atoms with van der Waals surface area (Å²) < 4.78 is 22.5. The first-order valence-electron chi connectivity index (χ1n) is 7.95. The summed E-state index contributed by atoms with van der Waals surface area (Å²) in [5, 5.41) is 2.98. The third kappa shape index (κ3) is 6.16. The van der Waals surface area contributed by atoms with Crippen molar-refractivity contribution >= 4 is 15.7 Å². The highest BCUT2D eigenvalue weighted by atomic mass is 32.2. The molecular formula is C19H23NO3S. The fourth-order valence-electron chi connectivity index (χ4n) is 2.46. The second kappa shape index (κ2) is 8.11. The second-order valence-electron chi connectivity index (χ2n) is 6.17. The molecule has 0 saturated carbocycles. The smallest absolute Gasteiger partial charge is 0.251 e. The van der Waals surface area contributed by atoms with Crippen LogP contribution in [-0.2, 0) is 22.0 Å². The van der Waals surface area contributed by atoms with Gasteiger partial charge in [0.15, 0.2) is 9.84 Å². The molecule has 0 heterocycles. The highest BCUT2D eigenvalue weighted by molar-refractivity contribution is 7.89. The van der Waals surface area contributed by atoms with E-state index >= 15 is 0 Å². The molecule has 0 spiro atoms. The molecule has 0 fully saturated rings. The van der Waals surface area contributed by atoms with Gasteiger partial charge in [0.25, 0.3) is 5.91 Å². The van der Waals surface area contributed by atoms with Gasteiger partial charge in [0.05, 0.1) is 5.75 Å².